The average molecular weight is 327 g/mol. The number of halogens is 1. The maximum Gasteiger partial charge on any atom is 0.311 e. The van der Waals surface area contributed by atoms with E-state index in [1.54, 1.807) is 6.20 Å². The lowest BCUT2D eigenvalue weighted by atomic mass is 9.92. The van der Waals surface area contributed by atoms with E-state index >= 15 is 0 Å². The van der Waals surface area contributed by atoms with Crippen LogP contribution in [0.3, 0.4) is 0 Å². The molecule has 2 rings (SSSR count). The normalized spacial score (nSPS) is 23.4. The van der Waals surface area contributed by atoms with Crippen molar-refractivity contribution >= 4 is 21.9 Å². The summed E-state index contributed by atoms with van der Waals surface area (Å²) in [5.74, 6) is -0.219. The Kier molecular flexibility index (Phi) is 4.26. The Hall–Kier alpha value is -0.940. The van der Waals surface area contributed by atoms with Crippen molar-refractivity contribution in [2.75, 3.05) is 13.1 Å². The van der Waals surface area contributed by atoms with Crippen LogP contribution in [-0.4, -0.2) is 29.6 Å². The molecule has 4 nitrogen and oxygen atoms in total. The number of aromatic nitrogens is 1. The lowest BCUT2D eigenvalue weighted by Gasteiger charge is -2.24. The van der Waals surface area contributed by atoms with Crippen LogP contribution in [0.5, 0.6) is 0 Å². The van der Waals surface area contributed by atoms with Gasteiger partial charge in [-0.2, -0.15) is 0 Å². The predicted octanol–water partition coefficient (Wildman–Crippen LogP) is 2.49. The molecule has 2 heterocycles. The summed E-state index contributed by atoms with van der Waals surface area (Å²) in [6.07, 6.45) is 1.76. The van der Waals surface area contributed by atoms with Gasteiger partial charge in [-0.15, -0.1) is 0 Å². The smallest absolute Gasteiger partial charge is 0.311 e. The highest BCUT2D eigenvalue weighted by Gasteiger charge is 2.37. The minimum Gasteiger partial charge on any atom is -0.460 e. The number of pyridine rings is 1. The van der Waals surface area contributed by atoms with E-state index < -0.39 is 5.60 Å². The quantitative estimate of drug-likeness (QED) is 0.848. The van der Waals surface area contributed by atoms with Crippen molar-refractivity contribution in [2.45, 2.75) is 32.3 Å². The molecule has 19 heavy (non-hydrogen) atoms. The fraction of sp³-hybridized carbons (Fsp3) is 0.571. The molecule has 1 aromatic heterocycles. The highest BCUT2D eigenvalue weighted by Crippen LogP contribution is 2.29. The van der Waals surface area contributed by atoms with E-state index in [0.717, 1.165) is 16.7 Å². The van der Waals surface area contributed by atoms with Crippen LogP contribution in [0, 0.1) is 5.92 Å². The Morgan fingerprint density at radius 3 is 2.74 bits per heavy atom. The standard InChI is InChI=1S/C14H19BrN2O2/c1-14(2,3)19-13(18)11-8-16-7-10(11)12-5-4-9(15)6-17-12/h4-6,10-11,16H,7-8H2,1-3H3/t10-,11-/m1/s1. The van der Waals surface area contributed by atoms with Gasteiger partial charge < -0.3 is 10.1 Å². The second-order valence-corrected chi connectivity index (χ2v) is 6.72. The molecule has 1 aliphatic heterocycles. The number of ether oxygens (including phenoxy) is 1. The Morgan fingerprint density at radius 2 is 2.16 bits per heavy atom. The number of hydrogen-bond acceptors (Lipinski definition) is 4. The molecule has 1 N–H and O–H groups in total. The monoisotopic (exact) mass is 326 g/mol. The summed E-state index contributed by atoms with van der Waals surface area (Å²) < 4.78 is 6.42. The van der Waals surface area contributed by atoms with E-state index in [1.807, 2.05) is 32.9 Å². The van der Waals surface area contributed by atoms with Crippen molar-refractivity contribution in [3.05, 3.63) is 28.5 Å². The van der Waals surface area contributed by atoms with Crippen molar-refractivity contribution in [2.24, 2.45) is 5.92 Å². The van der Waals surface area contributed by atoms with Crippen molar-refractivity contribution in [1.82, 2.24) is 10.3 Å². The first kappa shape index (κ1) is 14.5. The SMILES string of the molecule is CC(C)(C)OC(=O)[C@@H]1CNC[C@H]1c1ccc(Br)cn1. The van der Waals surface area contributed by atoms with Crippen LogP contribution in [-0.2, 0) is 9.53 Å². The van der Waals surface area contributed by atoms with Crippen molar-refractivity contribution < 1.29 is 9.53 Å². The van der Waals surface area contributed by atoms with Gasteiger partial charge in [0.1, 0.15) is 5.60 Å². The minimum atomic E-state index is -0.447. The molecule has 1 saturated heterocycles. The van der Waals surface area contributed by atoms with Gasteiger partial charge in [0, 0.05) is 35.4 Å². The molecule has 0 saturated carbocycles. The van der Waals surface area contributed by atoms with Crippen molar-refractivity contribution in [1.29, 1.82) is 0 Å². The number of nitrogens with zero attached hydrogens (tertiary/aromatic N) is 1. The van der Waals surface area contributed by atoms with Crippen LogP contribution in [0.4, 0.5) is 0 Å². The topological polar surface area (TPSA) is 51.2 Å². The van der Waals surface area contributed by atoms with Crippen LogP contribution in [0.15, 0.2) is 22.8 Å². The zero-order valence-electron chi connectivity index (χ0n) is 11.4. The minimum absolute atomic E-state index is 0.0861. The summed E-state index contributed by atoms with van der Waals surface area (Å²) in [5.41, 5.74) is 0.487. The highest BCUT2D eigenvalue weighted by molar-refractivity contribution is 9.10. The lowest BCUT2D eigenvalue weighted by Crippen LogP contribution is -2.32. The number of esters is 1. The summed E-state index contributed by atoms with van der Waals surface area (Å²) >= 11 is 3.37. The fourth-order valence-corrected chi connectivity index (χ4v) is 2.46. The Bertz CT molecular complexity index is 454. The molecule has 104 valence electrons. The van der Waals surface area contributed by atoms with E-state index in [9.17, 15) is 4.79 Å². The molecule has 0 radical (unpaired) electrons. The van der Waals surface area contributed by atoms with Gasteiger partial charge >= 0.3 is 5.97 Å². The number of hydrogen-bond donors (Lipinski definition) is 1. The number of carbonyl (C=O) groups is 1. The second-order valence-electron chi connectivity index (χ2n) is 5.81. The molecule has 1 aromatic rings. The first-order chi connectivity index (χ1) is 8.87. The second kappa shape index (κ2) is 5.59. The van der Waals surface area contributed by atoms with Gasteiger partial charge in [-0.05, 0) is 48.8 Å². The maximum atomic E-state index is 12.2. The molecule has 1 fully saturated rings. The van der Waals surface area contributed by atoms with Crippen molar-refractivity contribution in [3.8, 4) is 0 Å². The summed E-state index contributed by atoms with van der Waals surface area (Å²) in [6.45, 7) is 7.08. The van der Waals surface area contributed by atoms with E-state index in [1.165, 1.54) is 0 Å². The van der Waals surface area contributed by atoms with Crippen LogP contribution >= 0.6 is 15.9 Å². The third-order valence-electron chi connectivity index (χ3n) is 3.05. The van der Waals surface area contributed by atoms with Gasteiger partial charge in [-0.1, -0.05) is 0 Å². The molecular formula is C14H19BrN2O2. The Balaban J connectivity index is 2.12. The van der Waals surface area contributed by atoms with Gasteiger partial charge in [0.25, 0.3) is 0 Å². The molecule has 0 amide bonds. The number of carbonyl (C=O) groups excluding carboxylic acids is 1. The molecule has 5 heteroatoms. The fourth-order valence-electron chi connectivity index (χ4n) is 2.22. The van der Waals surface area contributed by atoms with E-state index in [2.05, 4.69) is 26.2 Å². The van der Waals surface area contributed by atoms with Gasteiger partial charge in [-0.3, -0.25) is 9.78 Å². The van der Waals surface area contributed by atoms with Gasteiger partial charge in [0.15, 0.2) is 0 Å². The van der Waals surface area contributed by atoms with Crippen LogP contribution in [0.2, 0.25) is 0 Å². The summed E-state index contributed by atoms with van der Waals surface area (Å²) in [7, 11) is 0. The van der Waals surface area contributed by atoms with E-state index in [-0.39, 0.29) is 17.8 Å². The third-order valence-corrected chi connectivity index (χ3v) is 3.52. The molecule has 1 aliphatic rings. The summed E-state index contributed by atoms with van der Waals surface area (Å²) in [5, 5.41) is 3.25. The third kappa shape index (κ3) is 3.76. The first-order valence-corrected chi connectivity index (χ1v) is 7.21. The van der Waals surface area contributed by atoms with Crippen LogP contribution in [0.1, 0.15) is 32.4 Å². The molecule has 0 bridgehead atoms. The molecule has 0 unspecified atom stereocenters. The highest BCUT2D eigenvalue weighted by atomic mass is 79.9. The number of nitrogens with one attached hydrogen (secondary N) is 1. The number of rotatable bonds is 2. The molecule has 0 spiro atoms. The van der Waals surface area contributed by atoms with Crippen molar-refractivity contribution in [3.63, 3.8) is 0 Å². The maximum absolute atomic E-state index is 12.2. The predicted molar refractivity (Wildman–Crippen MR) is 76.9 cm³/mol. The Labute approximate surface area is 122 Å². The van der Waals surface area contributed by atoms with Gasteiger partial charge in [0.05, 0.1) is 5.92 Å². The van der Waals surface area contributed by atoms with Crippen LogP contribution < -0.4 is 5.32 Å². The van der Waals surface area contributed by atoms with Gasteiger partial charge in [0.2, 0.25) is 0 Å². The lowest BCUT2D eigenvalue weighted by molar-refractivity contribution is -0.159. The van der Waals surface area contributed by atoms with Crippen LogP contribution in [0.25, 0.3) is 0 Å². The Morgan fingerprint density at radius 1 is 1.42 bits per heavy atom. The first-order valence-electron chi connectivity index (χ1n) is 6.42. The molecular weight excluding hydrogens is 308 g/mol. The molecule has 0 aliphatic carbocycles. The zero-order chi connectivity index (χ0) is 14.0. The van der Waals surface area contributed by atoms with Gasteiger partial charge in [-0.25, -0.2) is 0 Å². The van der Waals surface area contributed by atoms with E-state index in [4.69, 9.17) is 4.74 Å². The summed E-state index contributed by atoms with van der Waals surface area (Å²) in [6, 6.07) is 3.91. The molecule has 0 aromatic carbocycles. The average Bonchev–Trinajstić information content (AvgIpc) is 2.76. The van der Waals surface area contributed by atoms with E-state index in [0.29, 0.717) is 6.54 Å². The largest absolute Gasteiger partial charge is 0.460 e. The zero-order valence-corrected chi connectivity index (χ0v) is 13.0. The summed E-state index contributed by atoms with van der Waals surface area (Å²) in [4.78, 5) is 16.6. The molecule has 2 atom stereocenters.